The number of non-ortho nitro benzene ring substituents is 1. The molecule has 0 radical (unpaired) electrons. The highest BCUT2D eigenvalue weighted by atomic mass is 28.4. The summed E-state index contributed by atoms with van der Waals surface area (Å²) in [5.41, 5.74) is -0.627. The van der Waals surface area contributed by atoms with Crippen molar-refractivity contribution in [3.05, 3.63) is 105 Å². The minimum atomic E-state index is -3.10. The van der Waals surface area contributed by atoms with Crippen LogP contribution < -0.4 is 10.5 Å². The second-order valence-corrected chi connectivity index (χ2v) is 18.1. The standard InChI is InChI=1S/C36H39N5O8Si/c1-22-33(50(2,3)48)31(18-32(43)38-16-6-8-27(38)21-42)49-36(22)29-17-26(41(46)47)14-15-30(29)39(35(36)45)20-23-10-12-25(13-11-23)40-34(44)28-9-5-4-7-24(28)19-37-40/h4-5,7,9-15,17,19,22,27,31,33,42,48H,6,8,16,18,20-21H2,1-3H3/t22-,27-,31+,33-,36+/m0/s1. The summed E-state index contributed by atoms with van der Waals surface area (Å²) >= 11 is 0. The lowest BCUT2D eigenvalue weighted by molar-refractivity contribution is -0.385. The Bertz CT molecular complexity index is 2060. The monoisotopic (exact) mass is 697 g/mol. The number of rotatable bonds is 8. The third-order valence-electron chi connectivity index (χ3n) is 10.7. The van der Waals surface area contributed by atoms with Gasteiger partial charge in [0.25, 0.3) is 17.2 Å². The molecule has 3 aromatic carbocycles. The van der Waals surface area contributed by atoms with E-state index in [-0.39, 0.29) is 42.8 Å². The molecule has 0 aliphatic carbocycles. The van der Waals surface area contributed by atoms with Crippen LogP contribution in [0.1, 0.15) is 37.3 Å². The number of aliphatic hydroxyl groups is 1. The molecule has 0 saturated carbocycles. The number of hydrogen-bond donors (Lipinski definition) is 2. The van der Waals surface area contributed by atoms with Gasteiger partial charge in [-0.15, -0.1) is 0 Å². The van der Waals surface area contributed by atoms with Crippen molar-refractivity contribution in [3.8, 4) is 5.69 Å². The lowest BCUT2D eigenvalue weighted by Crippen LogP contribution is -2.46. The van der Waals surface area contributed by atoms with Gasteiger partial charge in [-0.1, -0.05) is 37.3 Å². The second-order valence-electron chi connectivity index (χ2n) is 14.1. The Balaban J connectivity index is 1.24. The Morgan fingerprint density at radius 2 is 1.86 bits per heavy atom. The maximum absolute atomic E-state index is 14.8. The van der Waals surface area contributed by atoms with Crippen molar-refractivity contribution < 1.29 is 29.2 Å². The van der Waals surface area contributed by atoms with E-state index in [1.807, 2.05) is 19.1 Å². The fourth-order valence-electron chi connectivity index (χ4n) is 8.38. The zero-order valence-electron chi connectivity index (χ0n) is 28.1. The van der Waals surface area contributed by atoms with Crippen LogP contribution in [0, 0.1) is 16.0 Å². The SMILES string of the molecule is C[C@H]1[C@H]([Si](C)(C)O)[C@@H](CC(=O)N2CCC[C@H]2CO)O[C@]12C(=O)N(Cc1ccc(-n3ncc4ccccc4c3=O)cc1)c1ccc([N+](=O)[O-])cc12. The first kappa shape index (κ1) is 33.7. The van der Waals surface area contributed by atoms with Crippen LogP contribution in [-0.2, 0) is 26.5 Å². The lowest BCUT2D eigenvalue weighted by atomic mass is 9.82. The molecule has 2 saturated heterocycles. The molecular formula is C36H39N5O8Si. The molecular weight excluding hydrogens is 659 g/mol. The van der Waals surface area contributed by atoms with E-state index in [4.69, 9.17) is 4.74 Å². The fraction of sp³-hybridized carbons (Fsp3) is 0.389. The lowest BCUT2D eigenvalue weighted by Gasteiger charge is -2.32. The number of likely N-dealkylation sites (tertiary alicyclic amines) is 1. The van der Waals surface area contributed by atoms with Crippen molar-refractivity contribution in [2.75, 3.05) is 18.1 Å². The van der Waals surface area contributed by atoms with Crippen LogP contribution in [0.15, 0.2) is 77.7 Å². The summed E-state index contributed by atoms with van der Waals surface area (Å²) in [4.78, 5) is 67.8. The predicted molar refractivity (Wildman–Crippen MR) is 187 cm³/mol. The molecule has 2 amide bonds. The quantitative estimate of drug-likeness (QED) is 0.157. The summed E-state index contributed by atoms with van der Waals surface area (Å²) in [5, 5.41) is 27.4. The number of benzene rings is 3. The predicted octanol–water partition coefficient (Wildman–Crippen LogP) is 4.01. The van der Waals surface area contributed by atoms with E-state index < -0.39 is 42.3 Å². The number of carbonyl (C=O) groups excluding carboxylic acids is 2. The molecule has 260 valence electrons. The number of hydrogen-bond acceptors (Lipinski definition) is 9. The average Bonchev–Trinajstić information content (AvgIpc) is 3.75. The summed E-state index contributed by atoms with van der Waals surface area (Å²) in [6.07, 6.45) is 2.18. The molecule has 5 atom stereocenters. The minimum absolute atomic E-state index is 0.0918. The third-order valence-corrected chi connectivity index (χ3v) is 13.2. The largest absolute Gasteiger partial charge is 0.432 e. The summed E-state index contributed by atoms with van der Waals surface area (Å²) in [5.74, 6) is -1.27. The van der Waals surface area contributed by atoms with Gasteiger partial charge in [0.1, 0.15) is 0 Å². The van der Waals surface area contributed by atoms with E-state index in [0.29, 0.717) is 35.3 Å². The van der Waals surface area contributed by atoms with Crippen molar-refractivity contribution in [1.29, 1.82) is 0 Å². The van der Waals surface area contributed by atoms with E-state index in [2.05, 4.69) is 5.10 Å². The van der Waals surface area contributed by atoms with Gasteiger partial charge in [-0.2, -0.15) is 9.78 Å². The molecule has 4 aromatic rings. The maximum atomic E-state index is 14.8. The Labute approximate surface area is 289 Å². The molecule has 2 fully saturated rings. The highest BCUT2D eigenvalue weighted by molar-refractivity contribution is 6.71. The summed E-state index contributed by atoms with van der Waals surface area (Å²) < 4.78 is 8.05. The zero-order valence-corrected chi connectivity index (χ0v) is 29.1. The van der Waals surface area contributed by atoms with Crippen LogP contribution in [0.4, 0.5) is 11.4 Å². The van der Waals surface area contributed by atoms with Gasteiger partial charge in [0.2, 0.25) is 5.91 Å². The van der Waals surface area contributed by atoms with Crippen LogP contribution >= 0.6 is 0 Å². The Morgan fingerprint density at radius 3 is 2.56 bits per heavy atom. The first-order valence-corrected chi connectivity index (χ1v) is 19.9. The van der Waals surface area contributed by atoms with Gasteiger partial charge >= 0.3 is 0 Å². The fourth-order valence-corrected chi connectivity index (χ4v) is 10.9. The molecule has 0 bridgehead atoms. The van der Waals surface area contributed by atoms with E-state index in [9.17, 15) is 34.4 Å². The summed E-state index contributed by atoms with van der Waals surface area (Å²) in [6, 6.07) is 18.3. The molecule has 1 aromatic heterocycles. The van der Waals surface area contributed by atoms with Crippen LogP contribution in [-0.4, -0.2) is 74.9 Å². The highest BCUT2D eigenvalue weighted by Gasteiger charge is 2.66. The molecule has 0 unspecified atom stereocenters. The van der Waals surface area contributed by atoms with E-state index in [1.165, 1.54) is 16.8 Å². The van der Waals surface area contributed by atoms with Crippen molar-refractivity contribution in [3.63, 3.8) is 0 Å². The van der Waals surface area contributed by atoms with Gasteiger partial charge in [-0.3, -0.25) is 24.5 Å². The van der Waals surface area contributed by atoms with Crippen LogP contribution in [0.2, 0.25) is 18.6 Å². The number of amides is 2. The van der Waals surface area contributed by atoms with Gasteiger partial charge in [-0.25, -0.2) is 0 Å². The molecule has 3 aliphatic heterocycles. The summed E-state index contributed by atoms with van der Waals surface area (Å²) in [6.45, 7) is 5.78. The molecule has 2 N–H and O–H groups in total. The minimum Gasteiger partial charge on any atom is -0.432 e. The van der Waals surface area contributed by atoms with Crippen LogP contribution in [0.3, 0.4) is 0 Å². The molecule has 4 heterocycles. The molecule has 3 aliphatic rings. The maximum Gasteiger partial charge on any atom is 0.279 e. The van der Waals surface area contributed by atoms with Crippen LogP contribution in [0.5, 0.6) is 0 Å². The molecule has 13 nitrogen and oxygen atoms in total. The number of anilines is 1. The molecule has 50 heavy (non-hydrogen) atoms. The van der Waals surface area contributed by atoms with Gasteiger partial charge in [0.15, 0.2) is 13.9 Å². The number of fused-ring (bicyclic) bond motifs is 3. The van der Waals surface area contributed by atoms with Crippen LogP contribution in [0.25, 0.3) is 16.5 Å². The van der Waals surface area contributed by atoms with Crippen molar-refractivity contribution in [2.45, 2.75) is 69.1 Å². The topological polar surface area (TPSA) is 168 Å². The number of ether oxygens (including phenoxy) is 1. The number of nitro benzene ring substituents is 1. The van der Waals surface area contributed by atoms with E-state index >= 15 is 0 Å². The molecule has 14 heteroatoms. The third kappa shape index (κ3) is 5.43. The van der Waals surface area contributed by atoms with Crippen molar-refractivity contribution in [2.24, 2.45) is 5.92 Å². The molecule has 1 spiro atoms. The summed E-state index contributed by atoms with van der Waals surface area (Å²) in [7, 11) is -3.10. The zero-order chi connectivity index (χ0) is 35.5. The van der Waals surface area contributed by atoms with Crippen molar-refractivity contribution >= 4 is 42.3 Å². The van der Waals surface area contributed by atoms with Crippen molar-refractivity contribution in [1.82, 2.24) is 14.7 Å². The number of nitrogens with zero attached hydrogens (tertiary/aromatic N) is 5. The Kier molecular flexibility index (Phi) is 8.45. The average molecular weight is 698 g/mol. The van der Waals surface area contributed by atoms with E-state index in [0.717, 1.165) is 17.4 Å². The second kappa shape index (κ2) is 12.5. The first-order chi connectivity index (χ1) is 23.8. The smallest absolute Gasteiger partial charge is 0.279 e. The number of aromatic nitrogens is 2. The van der Waals surface area contributed by atoms with Gasteiger partial charge in [0, 0.05) is 41.1 Å². The first-order valence-electron chi connectivity index (χ1n) is 16.8. The number of nitro groups is 1. The number of carbonyl (C=O) groups is 2. The Morgan fingerprint density at radius 1 is 1.12 bits per heavy atom. The van der Waals surface area contributed by atoms with Gasteiger partial charge in [-0.05, 0) is 55.8 Å². The number of aliphatic hydroxyl groups excluding tert-OH is 1. The van der Waals surface area contributed by atoms with Gasteiger partial charge < -0.3 is 24.4 Å². The van der Waals surface area contributed by atoms with Gasteiger partial charge in [0.05, 0.1) is 59.6 Å². The molecule has 7 rings (SSSR count). The highest BCUT2D eigenvalue weighted by Crippen LogP contribution is 2.60. The van der Waals surface area contributed by atoms with E-state index in [1.54, 1.807) is 71.6 Å². The Hall–Kier alpha value is -4.76. The normalized spacial score (nSPS) is 24.8.